The number of esters is 1. The highest BCUT2D eigenvalue weighted by atomic mass is 16.6. The van der Waals surface area contributed by atoms with Crippen LogP contribution in [0.25, 0.3) is 0 Å². The predicted molar refractivity (Wildman–Crippen MR) is 135 cm³/mol. The van der Waals surface area contributed by atoms with E-state index in [1.807, 2.05) is 54.6 Å². The Morgan fingerprint density at radius 3 is 2.29 bits per heavy atom. The van der Waals surface area contributed by atoms with Crippen LogP contribution in [0.5, 0.6) is 5.75 Å². The van der Waals surface area contributed by atoms with Crippen LogP contribution < -0.4 is 21.5 Å². The number of hydrogen-bond acceptors (Lipinski definition) is 6. The maximum Gasteiger partial charge on any atom is 0.408 e. The summed E-state index contributed by atoms with van der Waals surface area (Å²) in [5.74, 6) is 0.254. The molecule has 0 saturated heterocycles. The summed E-state index contributed by atoms with van der Waals surface area (Å²) in [5, 5.41) is 2.64. The minimum absolute atomic E-state index is 0.0879. The van der Waals surface area contributed by atoms with Crippen molar-refractivity contribution in [2.75, 3.05) is 13.2 Å². The van der Waals surface area contributed by atoms with E-state index in [1.54, 1.807) is 20.8 Å². The van der Waals surface area contributed by atoms with Crippen LogP contribution in [-0.2, 0) is 27.3 Å². The van der Waals surface area contributed by atoms with Gasteiger partial charge in [-0.3, -0.25) is 4.99 Å². The first-order chi connectivity index (χ1) is 16.6. The Bertz CT molecular complexity index is 952. The molecule has 9 nitrogen and oxygen atoms in total. The van der Waals surface area contributed by atoms with Crippen LogP contribution in [0.3, 0.4) is 0 Å². The van der Waals surface area contributed by atoms with Crippen molar-refractivity contribution in [1.82, 2.24) is 5.32 Å². The fourth-order valence-electron chi connectivity index (χ4n) is 3.04. The van der Waals surface area contributed by atoms with Gasteiger partial charge in [-0.05, 0) is 56.9 Å². The number of ether oxygens (including phenoxy) is 3. The van der Waals surface area contributed by atoms with Crippen LogP contribution in [0, 0.1) is 0 Å². The number of carbonyl (C=O) groups is 2. The molecular weight excluding hydrogens is 448 g/mol. The van der Waals surface area contributed by atoms with Crippen LogP contribution in [0.1, 0.15) is 44.7 Å². The van der Waals surface area contributed by atoms with E-state index in [9.17, 15) is 9.59 Å². The zero-order valence-corrected chi connectivity index (χ0v) is 20.7. The standard InChI is InChI=1S/C26H36N4O5/c1-26(2,3)35-25(32)30-22(23(31)34-18-20-9-5-4-6-10-20)17-19-11-13-21(14-12-19)33-16-8-7-15-29-24(27)28/h4-6,9-14,22H,7-8,15-18H2,1-3H3,(H,30,32)(H4,27,28,29)/t22-/m0/s1. The fourth-order valence-corrected chi connectivity index (χ4v) is 3.04. The molecule has 0 aliphatic carbocycles. The third-order valence-corrected chi connectivity index (χ3v) is 4.68. The number of unbranched alkanes of at least 4 members (excludes halogenated alkanes) is 1. The maximum atomic E-state index is 12.8. The van der Waals surface area contributed by atoms with Crippen molar-refractivity contribution in [1.29, 1.82) is 0 Å². The Labute approximate surface area is 206 Å². The van der Waals surface area contributed by atoms with Gasteiger partial charge in [0.05, 0.1) is 6.61 Å². The molecule has 2 aromatic rings. The second-order valence-electron chi connectivity index (χ2n) is 9.00. The number of nitrogens with zero attached hydrogens (tertiary/aromatic N) is 1. The summed E-state index contributed by atoms with van der Waals surface area (Å²) in [6, 6.07) is 15.8. The van der Waals surface area contributed by atoms with Crippen LogP contribution in [0.2, 0.25) is 0 Å². The summed E-state index contributed by atoms with van der Waals surface area (Å²) < 4.78 is 16.5. The number of alkyl carbamates (subject to hydrolysis) is 1. The molecule has 0 saturated carbocycles. The van der Waals surface area contributed by atoms with Gasteiger partial charge >= 0.3 is 12.1 Å². The van der Waals surface area contributed by atoms with Gasteiger partial charge < -0.3 is 31.0 Å². The quantitative estimate of drug-likeness (QED) is 0.182. The lowest BCUT2D eigenvalue weighted by Crippen LogP contribution is -2.45. The van der Waals surface area contributed by atoms with Crippen molar-refractivity contribution >= 4 is 18.0 Å². The Morgan fingerprint density at radius 2 is 1.66 bits per heavy atom. The monoisotopic (exact) mass is 484 g/mol. The summed E-state index contributed by atoms with van der Waals surface area (Å²) >= 11 is 0. The highest BCUT2D eigenvalue weighted by Gasteiger charge is 2.26. The average Bonchev–Trinajstić information content (AvgIpc) is 2.79. The van der Waals surface area contributed by atoms with E-state index >= 15 is 0 Å². The number of carbonyl (C=O) groups excluding carboxylic acids is 2. The number of amides is 1. The predicted octanol–water partition coefficient (Wildman–Crippen LogP) is 3.30. The van der Waals surface area contributed by atoms with Gasteiger partial charge in [0.25, 0.3) is 0 Å². The van der Waals surface area contributed by atoms with Gasteiger partial charge in [-0.15, -0.1) is 0 Å². The molecule has 0 spiro atoms. The normalized spacial score (nSPS) is 11.7. The van der Waals surface area contributed by atoms with Gasteiger partial charge in [0.2, 0.25) is 0 Å². The molecular formula is C26H36N4O5. The van der Waals surface area contributed by atoms with E-state index in [2.05, 4.69) is 10.3 Å². The fraction of sp³-hybridized carbons (Fsp3) is 0.423. The van der Waals surface area contributed by atoms with Crippen molar-refractivity contribution in [2.24, 2.45) is 16.5 Å². The van der Waals surface area contributed by atoms with Gasteiger partial charge in [0.15, 0.2) is 5.96 Å². The first-order valence-corrected chi connectivity index (χ1v) is 11.6. The number of nitrogens with two attached hydrogens (primary N) is 2. The molecule has 0 fully saturated rings. The van der Waals surface area contributed by atoms with E-state index in [4.69, 9.17) is 25.7 Å². The summed E-state index contributed by atoms with van der Waals surface area (Å²) in [6.07, 6.45) is 1.19. The van der Waals surface area contributed by atoms with Crippen LogP contribution in [0.15, 0.2) is 59.6 Å². The third kappa shape index (κ3) is 11.8. The van der Waals surface area contributed by atoms with Crippen molar-refractivity contribution in [3.8, 4) is 5.75 Å². The molecule has 35 heavy (non-hydrogen) atoms. The summed E-state index contributed by atoms with van der Waals surface area (Å²) in [7, 11) is 0. The Kier molecular flexibility index (Phi) is 10.9. The molecule has 0 heterocycles. The molecule has 5 N–H and O–H groups in total. The van der Waals surface area contributed by atoms with Crippen molar-refractivity contribution in [3.63, 3.8) is 0 Å². The molecule has 190 valence electrons. The second kappa shape index (κ2) is 13.8. The molecule has 0 bridgehead atoms. The molecule has 9 heteroatoms. The van der Waals surface area contributed by atoms with Gasteiger partial charge in [0.1, 0.15) is 24.0 Å². The first kappa shape index (κ1) is 27.5. The minimum Gasteiger partial charge on any atom is -0.494 e. The van der Waals surface area contributed by atoms with Crippen LogP contribution in [-0.4, -0.2) is 42.8 Å². The Balaban J connectivity index is 1.94. The molecule has 0 radical (unpaired) electrons. The molecule has 0 aliphatic heterocycles. The number of rotatable bonds is 12. The van der Waals surface area contributed by atoms with Gasteiger partial charge in [-0.25, -0.2) is 9.59 Å². The zero-order valence-electron chi connectivity index (χ0n) is 20.7. The van der Waals surface area contributed by atoms with E-state index < -0.39 is 23.7 Å². The molecule has 0 aromatic heterocycles. The Hall–Kier alpha value is -3.75. The summed E-state index contributed by atoms with van der Waals surface area (Å²) in [5.41, 5.74) is 11.6. The number of benzene rings is 2. The molecule has 2 rings (SSSR count). The zero-order chi connectivity index (χ0) is 25.7. The van der Waals surface area contributed by atoms with E-state index in [1.165, 1.54) is 0 Å². The Morgan fingerprint density at radius 1 is 0.971 bits per heavy atom. The topological polar surface area (TPSA) is 138 Å². The van der Waals surface area contributed by atoms with Crippen molar-refractivity contribution in [3.05, 3.63) is 65.7 Å². The summed E-state index contributed by atoms with van der Waals surface area (Å²) in [4.78, 5) is 29.1. The lowest BCUT2D eigenvalue weighted by Gasteiger charge is -2.23. The number of aliphatic imine (C=N–C) groups is 1. The lowest BCUT2D eigenvalue weighted by atomic mass is 10.1. The van der Waals surface area contributed by atoms with Crippen molar-refractivity contribution in [2.45, 2.75) is 58.3 Å². The highest BCUT2D eigenvalue weighted by molar-refractivity contribution is 5.81. The highest BCUT2D eigenvalue weighted by Crippen LogP contribution is 2.15. The lowest BCUT2D eigenvalue weighted by molar-refractivity contribution is -0.147. The molecule has 0 aliphatic rings. The maximum absolute atomic E-state index is 12.8. The third-order valence-electron chi connectivity index (χ3n) is 4.68. The number of guanidine groups is 1. The first-order valence-electron chi connectivity index (χ1n) is 11.6. The smallest absolute Gasteiger partial charge is 0.408 e. The van der Waals surface area contributed by atoms with E-state index in [0.29, 0.717) is 18.9 Å². The van der Waals surface area contributed by atoms with E-state index in [-0.39, 0.29) is 19.0 Å². The van der Waals surface area contributed by atoms with Gasteiger partial charge in [-0.2, -0.15) is 0 Å². The number of hydrogen-bond donors (Lipinski definition) is 3. The average molecular weight is 485 g/mol. The van der Waals surface area contributed by atoms with Gasteiger partial charge in [0, 0.05) is 13.0 Å². The van der Waals surface area contributed by atoms with Gasteiger partial charge in [-0.1, -0.05) is 42.5 Å². The van der Waals surface area contributed by atoms with Crippen LogP contribution in [0.4, 0.5) is 4.79 Å². The largest absolute Gasteiger partial charge is 0.494 e. The van der Waals surface area contributed by atoms with Crippen molar-refractivity contribution < 1.29 is 23.8 Å². The van der Waals surface area contributed by atoms with E-state index in [0.717, 1.165) is 24.0 Å². The molecule has 2 aromatic carbocycles. The number of nitrogens with one attached hydrogen (secondary N) is 1. The molecule has 1 atom stereocenters. The second-order valence-corrected chi connectivity index (χ2v) is 9.00. The SMILES string of the molecule is CC(C)(C)OC(=O)N[C@@H](Cc1ccc(OCCCCN=C(N)N)cc1)C(=O)OCc1ccccc1. The molecule has 0 unspecified atom stereocenters. The minimum atomic E-state index is -0.907. The van der Waals surface area contributed by atoms with Crippen LogP contribution >= 0.6 is 0 Å². The summed E-state index contributed by atoms with van der Waals surface area (Å²) in [6.45, 7) is 6.49. The molecule has 1 amide bonds.